The van der Waals surface area contributed by atoms with Gasteiger partial charge in [-0.1, -0.05) is 19.8 Å². The van der Waals surface area contributed by atoms with Crippen LogP contribution in [0.2, 0.25) is 0 Å². The molecule has 2 fully saturated rings. The summed E-state index contributed by atoms with van der Waals surface area (Å²) in [6.07, 6.45) is 4.46. The van der Waals surface area contributed by atoms with Crippen molar-refractivity contribution in [3.8, 4) is 11.5 Å². The lowest BCUT2D eigenvalue weighted by molar-refractivity contribution is -0.149. The summed E-state index contributed by atoms with van der Waals surface area (Å²) in [5.74, 6) is 0.297. The third-order valence-corrected chi connectivity index (χ3v) is 5.75. The highest BCUT2D eigenvalue weighted by atomic mass is 16.5. The molecule has 2 aliphatic rings. The zero-order chi connectivity index (χ0) is 18.7. The van der Waals surface area contributed by atoms with E-state index in [9.17, 15) is 14.7 Å². The highest BCUT2D eigenvalue weighted by Gasteiger charge is 2.55. The summed E-state index contributed by atoms with van der Waals surface area (Å²) in [5.41, 5.74) is -0.256. The predicted molar refractivity (Wildman–Crippen MR) is 96.7 cm³/mol. The number of rotatable bonds is 7. The minimum absolute atomic E-state index is 0.0579. The second-order valence-electron chi connectivity index (χ2n) is 7.30. The number of carboxylic acids is 1. The van der Waals surface area contributed by atoms with E-state index in [1.807, 2.05) is 0 Å². The van der Waals surface area contributed by atoms with Gasteiger partial charge in [0.25, 0.3) is 5.91 Å². The van der Waals surface area contributed by atoms with Gasteiger partial charge in [0.05, 0.1) is 19.1 Å². The maximum absolute atomic E-state index is 12.9. The maximum atomic E-state index is 12.9. The van der Waals surface area contributed by atoms with Gasteiger partial charge < -0.3 is 19.5 Å². The molecule has 6 heteroatoms. The summed E-state index contributed by atoms with van der Waals surface area (Å²) >= 11 is 0. The molecule has 1 aromatic rings. The first-order valence-corrected chi connectivity index (χ1v) is 9.35. The SMILES string of the molecule is CCCCOc1ccc(C(=O)N2C[C@@H]3CCC[C@@]3(C(=O)O)C2)cc1OC. The Morgan fingerprint density at radius 1 is 1.35 bits per heavy atom. The molecular formula is C20H27NO5. The highest BCUT2D eigenvalue weighted by Crippen LogP contribution is 2.49. The molecule has 1 saturated carbocycles. The van der Waals surface area contributed by atoms with Gasteiger partial charge in [-0.2, -0.15) is 0 Å². The summed E-state index contributed by atoms with van der Waals surface area (Å²) < 4.78 is 11.1. The van der Waals surface area contributed by atoms with Gasteiger partial charge in [0.2, 0.25) is 0 Å². The summed E-state index contributed by atoms with van der Waals surface area (Å²) in [5, 5.41) is 9.69. The number of ether oxygens (including phenoxy) is 2. The number of benzene rings is 1. The normalized spacial score (nSPS) is 24.4. The van der Waals surface area contributed by atoms with Gasteiger partial charge >= 0.3 is 5.97 Å². The molecule has 0 aromatic heterocycles. The van der Waals surface area contributed by atoms with Crippen molar-refractivity contribution in [2.24, 2.45) is 11.3 Å². The van der Waals surface area contributed by atoms with Crippen molar-refractivity contribution in [2.45, 2.75) is 39.0 Å². The van der Waals surface area contributed by atoms with E-state index in [0.717, 1.165) is 25.7 Å². The topological polar surface area (TPSA) is 76.1 Å². The molecule has 0 spiro atoms. The average Bonchev–Trinajstić information content (AvgIpc) is 3.20. The van der Waals surface area contributed by atoms with Gasteiger partial charge in [0.15, 0.2) is 11.5 Å². The number of methoxy groups -OCH3 is 1. The molecule has 2 atom stereocenters. The van der Waals surface area contributed by atoms with Gasteiger partial charge in [0, 0.05) is 18.7 Å². The average molecular weight is 361 g/mol. The number of carbonyl (C=O) groups excluding carboxylic acids is 1. The third-order valence-electron chi connectivity index (χ3n) is 5.75. The Labute approximate surface area is 154 Å². The smallest absolute Gasteiger partial charge is 0.311 e. The van der Waals surface area contributed by atoms with Crippen molar-refractivity contribution < 1.29 is 24.2 Å². The molecule has 3 rings (SSSR count). The van der Waals surface area contributed by atoms with E-state index in [2.05, 4.69) is 6.92 Å². The Morgan fingerprint density at radius 3 is 2.81 bits per heavy atom. The van der Waals surface area contributed by atoms with Crippen LogP contribution in [0.15, 0.2) is 18.2 Å². The van der Waals surface area contributed by atoms with Crippen molar-refractivity contribution in [1.29, 1.82) is 0 Å². The Morgan fingerprint density at radius 2 is 2.15 bits per heavy atom. The minimum atomic E-state index is -0.771. The molecule has 1 aromatic carbocycles. The molecule has 1 amide bonds. The number of carbonyl (C=O) groups is 2. The summed E-state index contributed by atoms with van der Waals surface area (Å²) in [7, 11) is 1.55. The fourth-order valence-electron chi connectivity index (χ4n) is 4.22. The Bertz CT molecular complexity index is 689. The van der Waals surface area contributed by atoms with Crippen molar-refractivity contribution in [2.75, 3.05) is 26.8 Å². The van der Waals surface area contributed by atoms with Crippen molar-refractivity contribution in [1.82, 2.24) is 4.90 Å². The van der Waals surface area contributed by atoms with E-state index in [4.69, 9.17) is 9.47 Å². The first kappa shape index (κ1) is 18.5. The number of amides is 1. The van der Waals surface area contributed by atoms with Crippen LogP contribution in [0.5, 0.6) is 11.5 Å². The van der Waals surface area contributed by atoms with Crippen LogP contribution in [0.3, 0.4) is 0 Å². The molecule has 6 nitrogen and oxygen atoms in total. The van der Waals surface area contributed by atoms with E-state index in [1.165, 1.54) is 0 Å². The van der Waals surface area contributed by atoms with Crippen molar-refractivity contribution in [3.63, 3.8) is 0 Å². The van der Waals surface area contributed by atoms with Crippen LogP contribution in [0.1, 0.15) is 49.4 Å². The van der Waals surface area contributed by atoms with Crippen molar-refractivity contribution >= 4 is 11.9 Å². The molecule has 1 aliphatic heterocycles. The number of carboxylic acid groups (broad SMARTS) is 1. The summed E-state index contributed by atoms with van der Waals surface area (Å²) in [6.45, 7) is 3.51. The molecule has 142 valence electrons. The Balaban J connectivity index is 1.75. The maximum Gasteiger partial charge on any atom is 0.311 e. The third kappa shape index (κ3) is 3.24. The molecule has 0 radical (unpaired) electrons. The molecule has 26 heavy (non-hydrogen) atoms. The first-order chi connectivity index (χ1) is 12.5. The number of hydrogen-bond donors (Lipinski definition) is 1. The molecule has 1 heterocycles. The standard InChI is InChI=1S/C20H27NO5/c1-3-4-10-26-16-8-7-14(11-17(16)25-2)18(22)21-12-15-6-5-9-20(15,13-21)19(23)24/h7-8,11,15H,3-6,9-10,12-13H2,1-2H3,(H,23,24)/t15-,20+/m0/s1. The predicted octanol–water partition coefficient (Wildman–Crippen LogP) is 3.20. The van der Waals surface area contributed by atoms with Crippen LogP contribution < -0.4 is 9.47 Å². The number of aliphatic carboxylic acids is 1. The van der Waals surface area contributed by atoms with E-state index in [-0.39, 0.29) is 11.8 Å². The van der Waals surface area contributed by atoms with Gasteiger partial charge in [-0.25, -0.2) is 0 Å². The number of likely N-dealkylation sites (tertiary alicyclic amines) is 1. The fraction of sp³-hybridized carbons (Fsp3) is 0.600. The molecule has 0 unspecified atom stereocenters. The van der Waals surface area contributed by atoms with Gasteiger partial charge in [0.1, 0.15) is 0 Å². The number of unbranched alkanes of at least 4 members (excludes halogenated alkanes) is 1. The second-order valence-corrected chi connectivity index (χ2v) is 7.30. The zero-order valence-electron chi connectivity index (χ0n) is 15.5. The minimum Gasteiger partial charge on any atom is -0.493 e. The lowest BCUT2D eigenvalue weighted by Gasteiger charge is -2.23. The van der Waals surface area contributed by atoms with E-state index < -0.39 is 11.4 Å². The van der Waals surface area contributed by atoms with Crippen LogP contribution in [0.25, 0.3) is 0 Å². The summed E-state index contributed by atoms with van der Waals surface area (Å²) in [6, 6.07) is 5.17. The van der Waals surface area contributed by atoms with Gasteiger partial charge in [-0.15, -0.1) is 0 Å². The molecular weight excluding hydrogens is 334 g/mol. The van der Waals surface area contributed by atoms with Crippen LogP contribution in [-0.4, -0.2) is 48.7 Å². The van der Waals surface area contributed by atoms with Crippen LogP contribution >= 0.6 is 0 Å². The number of hydrogen-bond acceptors (Lipinski definition) is 4. The first-order valence-electron chi connectivity index (χ1n) is 9.35. The zero-order valence-corrected chi connectivity index (χ0v) is 15.5. The Hall–Kier alpha value is -2.24. The summed E-state index contributed by atoms with van der Waals surface area (Å²) in [4.78, 5) is 26.4. The second kappa shape index (κ2) is 7.56. The van der Waals surface area contributed by atoms with Crippen LogP contribution in [0, 0.1) is 11.3 Å². The van der Waals surface area contributed by atoms with E-state index >= 15 is 0 Å². The number of fused-ring (bicyclic) bond motifs is 1. The van der Waals surface area contributed by atoms with Crippen LogP contribution in [0.4, 0.5) is 0 Å². The molecule has 0 bridgehead atoms. The van der Waals surface area contributed by atoms with E-state index in [0.29, 0.717) is 43.2 Å². The van der Waals surface area contributed by atoms with Crippen LogP contribution in [-0.2, 0) is 4.79 Å². The van der Waals surface area contributed by atoms with E-state index in [1.54, 1.807) is 30.2 Å². The monoisotopic (exact) mass is 361 g/mol. The number of nitrogens with zero attached hydrogens (tertiary/aromatic N) is 1. The van der Waals surface area contributed by atoms with Crippen molar-refractivity contribution in [3.05, 3.63) is 23.8 Å². The lowest BCUT2D eigenvalue weighted by Crippen LogP contribution is -2.37. The van der Waals surface area contributed by atoms with Gasteiger partial charge in [-0.05, 0) is 43.4 Å². The molecule has 1 N–H and O–H groups in total. The fourth-order valence-corrected chi connectivity index (χ4v) is 4.22. The highest BCUT2D eigenvalue weighted by molar-refractivity contribution is 5.96. The molecule has 1 aliphatic carbocycles. The lowest BCUT2D eigenvalue weighted by atomic mass is 9.81. The largest absolute Gasteiger partial charge is 0.493 e. The quantitative estimate of drug-likeness (QED) is 0.755. The van der Waals surface area contributed by atoms with Gasteiger partial charge in [-0.3, -0.25) is 9.59 Å². The Kier molecular flexibility index (Phi) is 5.39. The molecule has 1 saturated heterocycles.